The van der Waals surface area contributed by atoms with Crippen LogP contribution in [0, 0.1) is 0 Å². The summed E-state index contributed by atoms with van der Waals surface area (Å²) in [5, 5.41) is 0.795. The Balaban J connectivity index is 2.41. The van der Waals surface area contributed by atoms with E-state index in [-0.39, 0.29) is 0 Å². The van der Waals surface area contributed by atoms with Crippen LogP contribution in [0.3, 0.4) is 0 Å². The molecule has 0 aliphatic carbocycles. The summed E-state index contributed by atoms with van der Waals surface area (Å²) in [5.41, 5.74) is 7.14. The Morgan fingerprint density at radius 3 is 2.46 bits per heavy atom. The molecule has 0 bridgehead atoms. The SMILES string of the molecule is CCC(N)CCc1ccc(Cl)cc1. The average Bonchev–Trinajstić information content (AvgIpc) is 2.16. The van der Waals surface area contributed by atoms with Gasteiger partial charge in [-0.05, 0) is 37.0 Å². The molecular weight excluding hydrogens is 182 g/mol. The van der Waals surface area contributed by atoms with E-state index >= 15 is 0 Å². The maximum Gasteiger partial charge on any atom is 0.0406 e. The lowest BCUT2D eigenvalue weighted by molar-refractivity contribution is 0.596. The second-order valence-electron chi connectivity index (χ2n) is 3.33. The van der Waals surface area contributed by atoms with E-state index < -0.39 is 0 Å². The Morgan fingerprint density at radius 1 is 1.31 bits per heavy atom. The minimum Gasteiger partial charge on any atom is -0.328 e. The van der Waals surface area contributed by atoms with Gasteiger partial charge in [0, 0.05) is 11.1 Å². The number of halogens is 1. The standard InChI is InChI=1S/C11H16ClN/c1-2-11(13)8-5-9-3-6-10(12)7-4-9/h3-4,6-7,11H,2,5,8,13H2,1H3. The molecule has 1 unspecified atom stereocenters. The molecule has 1 rings (SSSR count). The Hall–Kier alpha value is -0.530. The van der Waals surface area contributed by atoms with Gasteiger partial charge in [0.2, 0.25) is 0 Å². The number of aryl methyl sites for hydroxylation is 1. The fraction of sp³-hybridized carbons (Fsp3) is 0.455. The first kappa shape index (κ1) is 10.6. The Labute approximate surface area is 84.9 Å². The molecular formula is C11H16ClN. The Morgan fingerprint density at radius 2 is 1.92 bits per heavy atom. The number of benzene rings is 1. The summed E-state index contributed by atoms with van der Waals surface area (Å²) >= 11 is 5.78. The van der Waals surface area contributed by atoms with Gasteiger partial charge >= 0.3 is 0 Å². The van der Waals surface area contributed by atoms with Crippen molar-refractivity contribution in [1.29, 1.82) is 0 Å². The molecule has 0 fully saturated rings. The summed E-state index contributed by atoms with van der Waals surface area (Å²) in [6, 6.07) is 8.30. The first-order chi connectivity index (χ1) is 6.22. The molecule has 0 amide bonds. The molecule has 0 saturated carbocycles. The van der Waals surface area contributed by atoms with Crippen LogP contribution in [-0.4, -0.2) is 6.04 Å². The van der Waals surface area contributed by atoms with E-state index in [1.807, 2.05) is 12.1 Å². The lowest BCUT2D eigenvalue weighted by Gasteiger charge is -2.07. The van der Waals surface area contributed by atoms with Gasteiger partial charge in [0.05, 0.1) is 0 Å². The lowest BCUT2D eigenvalue weighted by atomic mass is 10.0. The third-order valence-corrected chi connectivity index (χ3v) is 2.49. The zero-order valence-electron chi connectivity index (χ0n) is 7.96. The van der Waals surface area contributed by atoms with E-state index in [1.54, 1.807) is 0 Å². The molecule has 1 aromatic carbocycles. The van der Waals surface area contributed by atoms with Gasteiger partial charge in [0.15, 0.2) is 0 Å². The lowest BCUT2D eigenvalue weighted by Crippen LogP contribution is -2.18. The second kappa shape index (κ2) is 5.25. The number of hydrogen-bond donors (Lipinski definition) is 1. The van der Waals surface area contributed by atoms with Crippen LogP contribution in [0.15, 0.2) is 24.3 Å². The molecule has 0 heterocycles. The predicted octanol–water partition coefficient (Wildman–Crippen LogP) is 3.01. The highest BCUT2D eigenvalue weighted by atomic mass is 35.5. The van der Waals surface area contributed by atoms with E-state index in [9.17, 15) is 0 Å². The smallest absolute Gasteiger partial charge is 0.0406 e. The molecule has 72 valence electrons. The fourth-order valence-electron chi connectivity index (χ4n) is 1.21. The van der Waals surface area contributed by atoms with Gasteiger partial charge < -0.3 is 5.73 Å². The highest BCUT2D eigenvalue weighted by Crippen LogP contribution is 2.11. The molecule has 0 saturated heterocycles. The number of rotatable bonds is 4. The van der Waals surface area contributed by atoms with Crippen molar-refractivity contribution in [3.63, 3.8) is 0 Å². The largest absolute Gasteiger partial charge is 0.328 e. The molecule has 0 aliphatic rings. The summed E-state index contributed by atoms with van der Waals surface area (Å²) in [4.78, 5) is 0. The molecule has 0 spiro atoms. The predicted molar refractivity (Wildman–Crippen MR) is 58.0 cm³/mol. The molecule has 0 aromatic heterocycles. The van der Waals surface area contributed by atoms with Gasteiger partial charge in [-0.25, -0.2) is 0 Å². The third-order valence-electron chi connectivity index (χ3n) is 2.24. The van der Waals surface area contributed by atoms with Crippen molar-refractivity contribution in [2.75, 3.05) is 0 Å². The van der Waals surface area contributed by atoms with E-state index in [0.29, 0.717) is 6.04 Å². The Bertz CT molecular complexity index is 243. The van der Waals surface area contributed by atoms with Gasteiger partial charge in [0.1, 0.15) is 0 Å². The second-order valence-corrected chi connectivity index (χ2v) is 3.77. The van der Waals surface area contributed by atoms with Crippen LogP contribution < -0.4 is 5.73 Å². The van der Waals surface area contributed by atoms with Crippen LogP contribution in [0.2, 0.25) is 5.02 Å². The van der Waals surface area contributed by atoms with E-state index in [4.69, 9.17) is 17.3 Å². The summed E-state index contributed by atoms with van der Waals surface area (Å²) in [5.74, 6) is 0. The third kappa shape index (κ3) is 3.79. The number of nitrogens with two attached hydrogens (primary N) is 1. The van der Waals surface area contributed by atoms with Crippen molar-refractivity contribution in [1.82, 2.24) is 0 Å². The average molecular weight is 198 g/mol. The van der Waals surface area contributed by atoms with Crippen molar-refractivity contribution in [2.45, 2.75) is 32.2 Å². The zero-order valence-corrected chi connectivity index (χ0v) is 8.72. The van der Waals surface area contributed by atoms with Gasteiger partial charge in [-0.2, -0.15) is 0 Å². The molecule has 1 nitrogen and oxygen atoms in total. The van der Waals surface area contributed by atoms with Crippen LogP contribution in [0.4, 0.5) is 0 Å². The maximum atomic E-state index is 5.82. The van der Waals surface area contributed by atoms with Crippen LogP contribution in [-0.2, 0) is 6.42 Å². The first-order valence-electron chi connectivity index (χ1n) is 4.72. The molecule has 2 N–H and O–H groups in total. The molecule has 0 aliphatic heterocycles. The van der Waals surface area contributed by atoms with Crippen molar-refractivity contribution < 1.29 is 0 Å². The monoisotopic (exact) mass is 197 g/mol. The normalized spacial score (nSPS) is 12.8. The minimum absolute atomic E-state index is 0.329. The number of hydrogen-bond acceptors (Lipinski definition) is 1. The summed E-state index contributed by atoms with van der Waals surface area (Å²) in [6.45, 7) is 2.12. The summed E-state index contributed by atoms with van der Waals surface area (Å²) in [7, 11) is 0. The van der Waals surface area contributed by atoms with E-state index in [1.165, 1.54) is 5.56 Å². The van der Waals surface area contributed by atoms with Crippen LogP contribution in [0.25, 0.3) is 0 Å². The zero-order chi connectivity index (χ0) is 9.68. The maximum absolute atomic E-state index is 5.82. The van der Waals surface area contributed by atoms with Crippen molar-refractivity contribution >= 4 is 11.6 Å². The molecule has 1 aromatic rings. The quantitative estimate of drug-likeness (QED) is 0.789. The summed E-state index contributed by atoms with van der Waals surface area (Å²) < 4.78 is 0. The molecule has 2 heteroatoms. The van der Waals surface area contributed by atoms with Crippen molar-refractivity contribution in [3.05, 3.63) is 34.9 Å². The summed E-state index contributed by atoms with van der Waals surface area (Å²) in [6.07, 6.45) is 3.15. The minimum atomic E-state index is 0.329. The van der Waals surface area contributed by atoms with E-state index in [2.05, 4.69) is 19.1 Å². The van der Waals surface area contributed by atoms with Crippen LogP contribution >= 0.6 is 11.6 Å². The van der Waals surface area contributed by atoms with Crippen molar-refractivity contribution in [2.24, 2.45) is 5.73 Å². The molecule has 0 radical (unpaired) electrons. The first-order valence-corrected chi connectivity index (χ1v) is 5.10. The molecule has 13 heavy (non-hydrogen) atoms. The topological polar surface area (TPSA) is 26.0 Å². The van der Waals surface area contributed by atoms with Gasteiger partial charge in [0.25, 0.3) is 0 Å². The highest BCUT2D eigenvalue weighted by molar-refractivity contribution is 6.30. The van der Waals surface area contributed by atoms with Crippen LogP contribution in [0.1, 0.15) is 25.3 Å². The molecule has 1 atom stereocenters. The van der Waals surface area contributed by atoms with Gasteiger partial charge in [-0.15, -0.1) is 0 Å². The van der Waals surface area contributed by atoms with Gasteiger partial charge in [-0.3, -0.25) is 0 Å². The fourth-order valence-corrected chi connectivity index (χ4v) is 1.33. The van der Waals surface area contributed by atoms with Crippen LogP contribution in [0.5, 0.6) is 0 Å². The highest BCUT2D eigenvalue weighted by Gasteiger charge is 1.99. The van der Waals surface area contributed by atoms with Crippen molar-refractivity contribution in [3.8, 4) is 0 Å². The van der Waals surface area contributed by atoms with Gasteiger partial charge in [-0.1, -0.05) is 30.7 Å². The van der Waals surface area contributed by atoms with E-state index in [0.717, 1.165) is 24.3 Å². The Kier molecular flexibility index (Phi) is 4.26.